The predicted octanol–water partition coefficient (Wildman–Crippen LogP) is 0.644. The predicted molar refractivity (Wildman–Crippen MR) is 52.5 cm³/mol. The van der Waals surface area contributed by atoms with E-state index in [4.69, 9.17) is 5.11 Å². The van der Waals surface area contributed by atoms with Crippen LogP contribution >= 0.6 is 11.8 Å². The molecular weight excluding hydrogens is 204 g/mol. The second-order valence-corrected chi connectivity index (χ2v) is 4.12. The maximum Gasteiger partial charge on any atom is 0.316 e. The highest BCUT2D eigenvalue weighted by molar-refractivity contribution is 8.00. The molecule has 76 valence electrons. The zero-order chi connectivity index (χ0) is 10.7. The number of nitrogens with one attached hydrogen (secondary N) is 1. The van der Waals surface area contributed by atoms with Crippen LogP contribution in [0.1, 0.15) is 12.6 Å². The van der Waals surface area contributed by atoms with Gasteiger partial charge in [-0.1, -0.05) is 11.8 Å². The maximum atomic E-state index is 11.0. The Kier molecular flexibility index (Phi) is 3.29. The monoisotopic (exact) mass is 214 g/mol. The van der Waals surface area contributed by atoms with Crippen molar-refractivity contribution >= 4 is 17.7 Å². The molecule has 0 fully saturated rings. The molecule has 0 aliphatic heterocycles. The van der Waals surface area contributed by atoms with Gasteiger partial charge in [-0.25, -0.2) is 4.98 Å². The molecule has 1 aromatic rings. The van der Waals surface area contributed by atoms with E-state index in [0.717, 1.165) is 11.8 Å². The summed E-state index contributed by atoms with van der Waals surface area (Å²) in [4.78, 5) is 28.0. The van der Waals surface area contributed by atoms with Crippen molar-refractivity contribution in [2.75, 3.05) is 0 Å². The molecule has 1 rings (SSSR count). The average Bonchev–Trinajstić information content (AvgIpc) is 2.01. The summed E-state index contributed by atoms with van der Waals surface area (Å²) in [6, 6.07) is 1.36. The van der Waals surface area contributed by atoms with Crippen LogP contribution in [0, 0.1) is 6.92 Å². The van der Waals surface area contributed by atoms with Crippen LogP contribution < -0.4 is 5.56 Å². The first kappa shape index (κ1) is 10.8. The van der Waals surface area contributed by atoms with Gasteiger partial charge in [-0.05, 0) is 13.8 Å². The molecule has 0 radical (unpaired) electrons. The van der Waals surface area contributed by atoms with Crippen LogP contribution in [0.15, 0.2) is 16.0 Å². The fraction of sp³-hybridized carbons (Fsp3) is 0.375. The van der Waals surface area contributed by atoms with Gasteiger partial charge in [-0.3, -0.25) is 9.59 Å². The molecule has 1 atom stereocenters. The lowest BCUT2D eigenvalue weighted by Gasteiger charge is -2.04. The summed E-state index contributed by atoms with van der Waals surface area (Å²) in [5, 5.41) is 8.35. The fourth-order valence-electron chi connectivity index (χ4n) is 0.825. The molecule has 0 aliphatic rings. The molecule has 1 aromatic heterocycles. The van der Waals surface area contributed by atoms with E-state index in [1.54, 1.807) is 6.92 Å². The molecule has 0 amide bonds. The summed E-state index contributed by atoms with van der Waals surface area (Å²) >= 11 is 1.01. The Hall–Kier alpha value is -1.30. The Morgan fingerprint density at radius 2 is 2.36 bits per heavy atom. The van der Waals surface area contributed by atoms with Crippen molar-refractivity contribution in [2.45, 2.75) is 24.3 Å². The van der Waals surface area contributed by atoms with Crippen LogP contribution in [0.25, 0.3) is 0 Å². The Morgan fingerprint density at radius 1 is 1.71 bits per heavy atom. The number of H-pyrrole nitrogens is 1. The Morgan fingerprint density at radius 3 is 2.86 bits per heavy atom. The standard InChI is InChI=1S/C8H10N2O3S/c1-4-3-6(11)10-8(9-4)14-5(2)7(12)13/h3,5H,1-2H3,(H,12,13)(H,9,10,11). The topological polar surface area (TPSA) is 83.0 Å². The van der Waals surface area contributed by atoms with E-state index in [1.807, 2.05) is 0 Å². The number of carbonyl (C=O) groups is 1. The summed E-state index contributed by atoms with van der Waals surface area (Å²) in [6.07, 6.45) is 0. The van der Waals surface area contributed by atoms with Crippen LogP contribution in [-0.2, 0) is 4.79 Å². The molecule has 1 heterocycles. The minimum atomic E-state index is -0.931. The van der Waals surface area contributed by atoms with Crippen LogP contribution in [0.4, 0.5) is 0 Å². The van der Waals surface area contributed by atoms with Crippen LogP contribution in [-0.4, -0.2) is 26.3 Å². The van der Waals surface area contributed by atoms with Gasteiger partial charge < -0.3 is 10.1 Å². The number of hydrogen-bond acceptors (Lipinski definition) is 4. The average molecular weight is 214 g/mol. The first-order chi connectivity index (χ1) is 6.49. The van der Waals surface area contributed by atoms with Crippen molar-refractivity contribution in [3.63, 3.8) is 0 Å². The fourth-order valence-corrected chi connectivity index (χ4v) is 1.62. The summed E-state index contributed by atoms with van der Waals surface area (Å²) in [6.45, 7) is 3.22. The van der Waals surface area contributed by atoms with Crippen LogP contribution in [0.2, 0.25) is 0 Å². The first-order valence-corrected chi connectivity index (χ1v) is 4.84. The third-order valence-electron chi connectivity index (χ3n) is 1.48. The van der Waals surface area contributed by atoms with Crippen molar-refractivity contribution in [1.29, 1.82) is 0 Å². The van der Waals surface area contributed by atoms with E-state index < -0.39 is 11.2 Å². The van der Waals surface area contributed by atoms with Crippen LogP contribution in [0.5, 0.6) is 0 Å². The van der Waals surface area contributed by atoms with Gasteiger partial charge in [0.15, 0.2) is 5.16 Å². The molecule has 0 saturated carbocycles. The van der Waals surface area contributed by atoms with E-state index in [1.165, 1.54) is 13.0 Å². The highest BCUT2D eigenvalue weighted by atomic mass is 32.2. The van der Waals surface area contributed by atoms with E-state index >= 15 is 0 Å². The second-order valence-electron chi connectivity index (χ2n) is 2.79. The summed E-state index contributed by atoms with van der Waals surface area (Å²) in [5.74, 6) is -0.931. The first-order valence-electron chi connectivity index (χ1n) is 3.96. The Balaban J connectivity index is 2.87. The van der Waals surface area contributed by atoms with Crippen molar-refractivity contribution in [2.24, 2.45) is 0 Å². The van der Waals surface area contributed by atoms with Crippen molar-refractivity contribution in [3.05, 3.63) is 22.1 Å². The Bertz CT molecular complexity index is 402. The Labute approximate surface area is 84.6 Å². The summed E-state index contributed by atoms with van der Waals surface area (Å²) in [7, 11) is 0. The number of aromatic nitrogens is 2. The zero-order valence-corrected chi connectivity index (χ0v) is 8.59. The molecule has 0 saturated heterocycles. The lowest BCUT2D eigenvalue weighted by atomic mass is 10.5. The van der Waals surface area contributed by atoms with Gasteiger partial charge in [-0.15, -0.1) is 0 Å². The van der Waals surface area contributed by atoms with Gasteiger partial charge >= 0.3 is 5.97 Å². The summed E-state index contributed by atoms with van der Waals surface area (Å²) in [5.41, 5.74) is 0.312. The smallest absolute Gasteiger partial charge is 0.316 e. The third-order valence-corrected chi connectivity index (χ3v) is 2.46. The SMILES string of the molecule is Cc1cc(=O)[nH]c(SC(C)C(=O)O)n1. The van der Waals surface area contributed by atoms with Gasteiger partial charge in [-0.2, -0.15) is 0 Å². The zero-order valence-electron chi connectivity index (χ0n) is 7.77. The highest BCUT2D eigenvalue weighted by Crippen LogP contribution is 2.17. The van der Waals surface area contributed by atoms with E-state index in [2.05, 4.69) is 9.97 Å². The number of thioether (sulfide) groups is 1. The molecule has 6 heteroatoms. The number of aryl methyl sites for hydroxylation is 1. The van der Waals surface area contributed by atoms with E-state index in [0.29, 0.717) is 10.9 Å². The molecule has 0 aromatic carbocycles. The van der Waals surface area contributed by atoms with Crippen molar-refractivity contribution in [1.82, 2.24) is 9.97 Å². The molecule has 0 bridgehead atoms. The molecule has 0 spiro atoms. The molecule has 1 unspecified atom stereocenters. The third kappa shape index (κ3) is 2.88. The normalized spacial score (nSPS) is 12.4. The van der Waals surface area contributed by atoms with Crippen molar-refractivity contribution < 1.29 is 9.90 Å². The van der Waals surface area contributed by atoms with Crippen LogP contribution in [0.3, 0.4) is 0 Å². The minimum Gasteiger partial charge on any atom is -0.480 e. The highest BCUT2D eigenvalue weighted by Gasteiger charge is 2.13. The number of hydrogen-bond donors (Lipinski definition) is 2. The molecule has 14 heavy (non-hydrogen) atoms. The molecular formula is C8H10N2O3S. The largest absolute Gasteiger partial charge is 0.480 e. The van der Waals surface area contributed by atoms with Gasteiger partial charge in [0.1, 0.15) is 5.25 Å². The van der Waals surface area contributed by atoms with E-state index in [-0.39, 0.29) is 5.56 Å². The van der Waals surface area contributed by atoms with Gasteiger partial charge in [0.2, 0.25) is 0 Å². The number of nitrogens with zero attached hydrogens (tertiary/aromatic N) is 1. The molecule has 0 aliphatic carbocycles. The number of carboxylic acid groups (broad SMARTS) is 1. The number of carboxylic acids is 1. The van der Waals surface area contributed by atoms with E-state index in [9.17, 15) is 9.59 Å². The molecule has 2 N–H and O–H groups in total. The second kappa shape index (κ2) is 4.28. The van der Waals surface area contributed by atoms with Gasteiger partial charge in [0.25, 0.3) is 5.56 Å². The lowest BCUT2D eigenvalue weighted by Crippen LogP contribution is -2.14. The number of rotatable bonds is 3. The van der Waals surface area contributed by atoms with Gasteiger partial charge in [0.05, 0.1) is 0 Å². The minimum absolute atomic E-state index is 0.266. The lowest BCUT2D eigenvalue weighted by molar-refractivity contribution is -0.136. The van der Waals surface area contributed by atoms with Crippen molar-refractivity contribution in [3.8, 4) is 0 Å². The maximum absolute atomic E-state index is 11.0. The van der Waals surface area contributed by atoms with Gasteiger partial charge in [0, 0.05) is 11.8 Å². The quantitative estimate of drug-likeness (QED) is 0.570. The molecule has 5 nitrogen and oxygen atoms in total. The summed E-state index contributed by atoms with van der Waals surface area (Å²) < 4.78 is 0. The number of aromatic amines is 1. The number of aliphatic carboxylic acids is 1.